The van der Waals surface area contributed by atoms with Crippen molar-refractivity contribution >= 4 is 12.6 Å². The first-order chi connectivity index (χ1) is 20.0. The molecule has 224 valence electrons. The number of alkyl halides is 2. The van der Waals surface area contributed by atoms with Crippen LogP contribution >= 0.6 is 0 Å². The summed E-state index contributed by atoms with van der Waals surface area (Å²) in [7, 11) is -3.16. The molecule has 0 aliphatic heterocycles. The van der Waals surface area contributed by atoms with E-state index in [1.54, 1.807) is 0 Å². The van der Waals surface area contributed by atoms with Gasteiger partial charge in [-0.05, 0) is 6.07 Å². The van der Waals surface area contributed by atoms with Gasteiger partial charge < -0.3 is 9.31 Å². The summed E-state index contributed by atoms with van der Waals surface area (Å²) >= 11 is 0. The molecule has 0 unspecified atom stereocenters. The van der Waals surface area contributed by atoms with Gasteiger partial charge in [0, 0.05) is 23.3 Å². The lowest BCUT2D eigenvalue weighted by molar-refractivity contribution is 0.0404. The van der Waals surface area contributed by atoms with E-state index in [0.717, 1.165) is 0 Å². The van der Waals surface area contributed by atoms with Gasteiger partial charge >= 0.3 is 13.0 Å². The number of hydrogen-bond acceptors (Lipinski definition) is 2. The van der Waals surface area contributed by atoms with Crippen molar-refractivity contribution in [2.45, 2.75) is 5.92 Å². The Morgan fingerprint density at radius 1 is 0.488 bits per heavy atom. The second-order valence-corrected chi connectivity index (χ2v) is 8.63. The standard InChI is InChI=1S/C25H4BF15O2/c27-5-3-8(29)15(31)9(4-5)42-26(6-1-2-7(28)16(32)14(6)30)43-24-13-11(18(34)21(37)23(24)39)10-12(25(13,40)41)19(35)22(38)20(36)17(10)33/h1-4H. The first kappa shape index (κ1) is 30.0. The zero-order valence-electron chi connectivity index (χ0n) is 19.9. The maximum absolute atomic E-state index is 15.5. The van der Waals surface area contributed by atoms with Gasteiger partial charge in [0.05, 0.1) is 16.6 Å². The summed E-state index contributed by atoms with van der Waals surface area (Å²) in [6, 6.07) is 0.264. The third-order valence-electron chi connectivity index (χ3n) is 6.16. The van der Waals surface area contributed by atoms with E-state index in [4.69, 9.17) is 0 Å². The lowest BCUT2D eigenvalue weighted by atomic mass is 9.77. The van der Waals surface area contributed by atoms with E-state index in [2.05, 4.69) is 9.31 Å². The Kier molecular flexibility index (Phi) is 7.00. The van der Waals surface area contributed by atoms with E-state index < -0.39 is 128 Å². The summed E-state index contributed by atoms with van der Waals surface area (Å²) in [5.74, 6) is -41.1. The molecule has 43 heavy (non-hydrogen) atoms. The summed E-state index contributed by atoms with van der Waals surface area (Å²) in [5.41, 5.74) is -10.6. The molecule has 4 aromatic carbocycles. The van der Waals surface area contributed by atoms with E-state index in [-0.39, 0.29) is 24.3 Å². The van der Waals surface area contributed by atoms with Crippen LogP contribution in [0.2, 0.25) is 0 Å². The molecule has 1 aliphatic rings. The van der Waals surface area contributed by atoms with Gasteiger partial charge in [0.2, 0.25) is 5.82 Å². The van der Waals surface area contributed by atoms with Crippen LogP contribution in [0.15, 0.2) is 24.3 Å². The predicted molar refractivity (Wildman–Crippen MR) is 114 cm³/mol. The first-order valence-corrected chi connectivity index (χ1v) is 11.1. The predicted octanol–water partition coefficient (Wildman–Crippen LogP) is 7.47. The molecule has 4 aromatic rings. The van der Waals surface area contributed by atoms with Gasteiger partial charge in [-0.2, -0.15) is 17.6 Å². The summed E-state index contributed by atoms with van der Waals surface area (Å²) < 4.78 is 226. The van der Waals surface area contributed by atoms with Crippen LogP contribution in [0.4, 0.5) is 65.9 Å². The second-order valence-electron chi connectivity index (χ2n) is 8.63. The van der Waals surface area contributed by atoms with Crippen molar-refractivity contribution in [1.82, 2.24) is 0 Å². The fraction of sp³-hybridized carbons (Fsp3) is 0.0400. The Bertz CT molecular complexity index is 1860. The summed E-state index contributed by atoms with van der Waals surface area (Å²) in [6.07, 6.45) is 0. The molecule has 0 amide bonds. The highest BCUT2D eigenvalue weighted by atomic mass is 19.3. The molecule has 18 heteroatoms. The summed E-state index contributed by atoms with van der Waals surface area (Å²) in [5, 5.41) is 0. The molecule has 0 N–H and O–H groups in total. The minimum absolute atomic E-state index is 0.0132. The van der Waals surface area contributed by atoms with Gasteiger partial charge in [-0.3, -0.25) is 0 Å². The number of hydrogen-bond donors (Lipinski definition) is 0. The molecule has 0 spiro atoms. The Balaban J connectivity index is 1.80. The molecule has 0 atom stereocenters. The fourth-order valence-corrected chi connectivity index (χ4v) is 4.28. The van der Waals surface area contributed by atoms with Crippen LogP contribution in [0.25, 0.3) is 11.1 Å². The van der Waals surface area contributed by atoms with Crippen LogP contribution in [0.1, 0.15) is 11.1 Å². The SMILES string of the molecule is Fc1cc(F)c(F)c(OB(Oc2c(F)c(F)c(F)c3c2C(F)(F)c2c(F)c(F)c(F)c(F)c2-3)c2ccc(F)c(F)c2F)c1. The van der Waals surface area contributed by atoms with Gasteiger partial charge in [0.15, 0.2) is 69.7 Å². The highest BCUT2D eigenvalue weighted by molar-refractivity contribution is 6.62. The largest absolute Gasteiger partial charge is 0.635 e. The Morgan fingerprint density at radius 3 is 1.67 bits per heavy atom. The van der Waals surface area contributed by atoms with Crippen LogP contribution < -0.4 is 14.8 Å². The molecule has 0 bridgehead atoms. The Morgan fingerprint density at radius 2 is 1.05 bits per heavy atom. The van der Waals surface area contributed by atoms with Crippen molar-refractivity contribution in [2.24, 2.45) is 0 Å². The second kappa shape index (κ2) is 10.0. The third kappa shape index (κ3) is 4.33. The topological polar surface area (TPSA) is 18.5 Å². The van der Waals surface area contributed by atoms with E-state index in [1.165, 1.54) is 0 Å². The van der Waals surface area contributed by atoms with Gasteiger partial charge in [0.1, 0.15) is 11.6 Å². The van der Waals surface area contributed by atoms with Crippen LogP contribution in [-0.4, -0.2) is 7.12 Å². The van der Waals surface area contributed by atoms with Crippen LogP contribution in [0.5, 0.6) is 11.5 Å². The Hall–Kier alpha value is -4.51. The van der Waals surface area contributed by atoms with Crippen LogP contribution in [-0.2, 0) is 5.92 Å². The monoisotopic (exact) mass is 632 g/mol. The van der Waals surface area contributed by atoms with Gasteiger partial charge in [-0.15, -0.1) is 0 Å². The zero-order valence-corrected chi connectivity index (χ0v) is 19.9. The molecular formula is C25H4BF15O2. The highest BCUT2D eigenvalue weighted by Crippen LogP contribution is 2.58. The van der Waals surface area contributed by atoms with Crippen molar-refractivity contribution in [3.05, 3.63) is 111 Å². The number of halogens is 15. The van der Waals surface area contributed by atoms with Gasteiger partial charge in [-0.1, -0.05) is 6.07 Å². The molecule has 0 saturated carbocycles. The Labute approximate surface area is 228 Å². The van der Waals surface area contributed by atoms with E-state index in [1.807, 2.05) is 0 Å². The molecule has 0 aromatic heterocycles. The zero-order chi connectivity index (χ0) is 31.9. The molecule has 1 aliphatic carbocycles. The molecule has 0 fully saturated rings. The van der Waals surface area contributed by atoms with Crippen molar-refractivity contribution in [3.8, 4) is 22.6 Å². The number of benzene rings is 4. The normalized spacial score (nSPS) is 13.2. The molecule has 0 heterocycles. The smallest absolute Gasteiger partial charge is 0.520 e. The van der Waals surface area contributed by atoms with E-state index >= 15 is 13.2 Å². The third-order valence-corrected chi connectivity index (χ3v) is 6.16. The molecule has 0 saturated heterocycles. The maximum atomic E-state index is 15.5. The van der Waals surface area contributed by atoms with Gasteiger partial charge in [0.25, 0.3) is 0 Å². The van der Waals surface area contributed by atoms with E-state index in [9.17, 15) is 52.7 Å². The quantitative estimate of drug-likeness (QED) is 0.0985. The van der Waals surface area contributed by atoms with Crippen molar-refractivity contribution in [1.29, 1.82) is 0 Å². The number of fused-ring (bicyclic) bond motifs is 3. The minimum atomic E-state index is -5.32. The summed E-state index contributed by atoms with van der Waals surface area (Å²) in [6.45, 7) is 0. The highest BCUT2D eigenvalue weighted by Gasteiger charge is 2.56. The average Bonchev–Trinajstić information content (AvgIpc) is 3.19. The fourth-order valence-electron chi connectivity index (χ4n) is 4.28. The number of rotatable bonds is 5. The summed E-state index contributed by atoms with van der Waals surface area (Å²) in [4.78, 5) is 0. The minimum Gasteiger partial charge on any atom is -0.520 e. The van der Waals surface area contributed by atoms with Crippen molar-refractivity contribution < 1.29 is 75.2 Å². The van der Waals surface area contributed by atoms with Crippen LogP contribution in [0, 0.1) is 75.6 Å². The molecule has 5 rings (SSSR count). The average molecular weight is 632 g/mol. The molecular weight excluding hydrogens is 628 g/mol. The van der Waals surface area contributed by atoms with Crippen LogP contribution in [0.3, 0.4) is 0 Å². The molecule has 0 radical (unpaired) electrons. The van der Waals surface area contributed by atoms with Crippen molar-refractivity contribution in [2.75, 3.05) is 0 Å². The molecule has 2 nitrogen and oxygen atoms in total. The van der Waals surface area contributed by atoms with Gasteiger partial charge in [-0.25, -0.2) is 48.3 Å². The lowest BCUT2D eigenvalue weighted by Gasteiger charge is -2.23. The van der Waals surface area contributed by atoms with E-state index in [0.29, 0.717) is 0 Å². The maximum Gasteiger partial charge on any atom is 0.635 e. The first-order valence-electron chi connectivity index (χ1n) is 11.1. The van der Waals surface area contributed by atoms with Crippen molar-refractivity contribution in [3.63, 3.8) is 0 Å². The lowest BCUT2D eigenvalue weighted by Crippen LogP contribution is -2.46.